The summed E-state index contributed by atoms with van der Waals surface area (Å²) in [6, 6.07) is 9.71. The Bertz CT molecular complexity index is 478. The molecule has 1 aromatic carbocycles. The molecule has 0 amide bonds. The third-order valence-electron chi connectivity index (χ3n) is 2.63. The summed E-state index contributed by atoms with van der Waals surface area (Å²) in [5, 5.41) is 11.9. The first-order valence-corrected chi connectivity index (χ1v) is 5.29. The zero-order chi connectivity index (χ0) is 12.1. The molecule has 0 aliphatic rings. The van der Waals surface area contributed by atoms with Gasteiger partial charge in [0.1, 0.15) is 5.84 Å². The summed E-state index contributed by atoms with van der Waals surface area (Å²) in [5.41, 5.74) is 6.74. The number of nitrogens with two attached hydrogens (primary N) is 1. The van der Waals surface area contributed by atoms with E-state index in [-0.39, 0.29) is 11.8 Å². The summed E-state index contributed by atoms with van der Waals surface area (Å²) in [6.45, 7) is 0.597. The minimum absolute atomic E-state index is 0.157. The molecule has 88 valence electrons. The fourth-order valence-corrected chi connectivity index (χ4v) is 1.73. The predicted octanol–water partition coefficient (Wildman–Crippen LogP) is 1.41. The van der Waals surface area contributed by atoms with E-state index >= 15 is 0 Å². The van der Waals surface area contributed by atoms with E-state index in [1.165, 1.54) is 0 Å². The Morgan fingerprint density at radius 3 is 2.76 bits per heavy atom. The third kappa shape index (κ3) is 2.63. The largest absolute Gasteiger partial charge is 0.409 e. The second kappa shape index (κ2) is 5.16. The van der Waals surface area contributed by atoms with Crippen molar-refractivity contribution in [1.82, 2.24) is 9.55 Å². The molecule has 1 aromatic heterocycles. The third-order valence-corrected chi connectivity index (χ3v) is 2.63. The first kappa shape index (κ1) is 11.2. The summed E-state index contributed by atoms with van der Waals surface area (Å²) in [6.07, 6.45) is 5.26. The minimum atomic E-state index is -0.157. The van der Waals surface area contributed by atoms with Crippen molar-refractivity contribution in [3.63, 3.8) is 0 Å². The molecule has 2 rings (SSSR count). The normalized spacial score (nSPS) is 13.5. The maximum atomic E-state index is 8.83. The van der Waals surface area contributed by atoms with E-state index in [4.69, 9.17) is 10.9 Å². The maximum absolute atomic E-state index is 8.83. The van der Waals surface area contributed by atoms with E-state index in [0.29, 0.717) is 6.54 Å². The fraction of sp³-hybridized carbons (Fsp3) is 0.167. The van der Waals surface area contributed by atoms with Gasteiger partial charge in [-0.15, -0.1) is 0 Å². The van der Waals surface area contributed by atoms with Crippen molar-refractivity contribution >= 4 is 5.84 Å². The van der Waals surface area contributed by atoms with Crippen LogP contribution in [0.25, 0.3) is 0 Å². The highest BCUT2D eigenvalue weighted by molar-refractivity contribution is 5.86. The van der Waals surface area contributed by atoms with Crippen molar-refractivity contribution in [2.75, 3.05) is 0 Å². The van der Waals surface area contributed by atoms with Gasteiger partial charge in [-0.25, -0.2) is 4.98 Å². The molecule has 0 fully saturated rings. The Balaban J connectivity index is 2.26. The van der Waals surface area contributed by atoms with E-state index in [1.807, 2.05) is 41.1 Å². The number of imidazole rings is 1. The molecule has 0 bridgehead atoms. The lowest BCUT2D eigenvalue weighted by Crippen LogP contribution is -2.25. The summed E-state index contributed by atoms with van der Waals surface area (Å²) < 4.78 is 1.90. The van der Waals surface area contributed by atoms with Crippen molar-refractivity contribution < 1.29 is 5.21 Å². The molecule has 5 nitrogen and oxygen atoms in total. The fourth-order valence-electron chi connectivity index (χ4n) is 1.73. The average Bonchev–Trinajstić information content (AvgIpc) is 2.89. The number of benzene rings is 1. The van der Waals surface area contributed by atoms with Gasteiger partial charge in [0.25, 0.3) is 0 Å². The van der Waals surface area contributed by atoms with Gasteiger partial charge < -0.3 is 15.5 Å². The summed E-state index contributed by atoms with van der Waals surface area (Å²) in [4.78, 5) is 3.97. The zero-order valence-electron chi connectivity index (χ0n) is 9.27. The van der Waals surface area contributed by atoms with Gasteiger partial charge in [-0.05, 0) is 5.56 Å². The Kier molecular flexibility index (Phi) is 3.40. The lowest BCUT2D eigenvalue weighted by atomic mass is 9.98. The van der Waals surface area contributed by atoms with Crippen molar-refractivity contribution in [3.05, 3.63) is 54.6 Å². The first-order chi connectivity index (χ1) is 8.31. The van der Waals surface area contributed by atoms with Gasteiger partial charge in [0, 0.05) is 18.9 Å². The standard InChI is InChI=1S/C12H14N4O/c13-12(15-17)11(8-16-7-6-14-9-16)10-4-2-1-3-5-10/h1-7,9,11,17H,8H2,(H2,13,15). The molecular formula is C12H14N4O. The maximum Gasteiger partial charge on any atom is 0.148 e. The van der Waals surface area contributed by atoms with Crippen molar-refractivity contribution in [1.29, 1.82) is 0 Å². The van der Waals surface area contributed by atoms with Gasteiger partial charge in [-0.2, -0.15) is 0 Å². The average molecular weight is 230 g/mol. The molecule has 0 radical (unpaired) electrons. The Labute approximate surface area is 99.2 Å². The lowest BCUT2D eigenvalue weighted by Gasteiger charge is -2.16. The number of aromatic nitrogens is 2. The number of hydrogen-bond donors (Lipinski definition) is 2. The van der Waals surface area contributed by atoms with Gasteiger partial charge in [0.15, 0.2) is 0 Å². The van der Waals surface area contributed by atoms with E-state index in [9.17, 15) is 0 Å². The molecule has 1 unspecified atom stereocenters. The topological polar surface area (TPSA) is 76.4 Å². The van der Waals surface area contributed by atoms with Crippen LogP contribution >= 0.6 is 0 Å². The Morgan fingerprint density at radius 1 is 1.41 bits per heavy atom. The SMILES string of the molecule is NC(=NO)C(Cn1ccnc1)c1ccccc1. The number of hydrogen-bond acceptors (Lipinski definition) is 3. The molecule has 3 N–H and O–H groups in total. The molecule has 0 spiro atoms. The van der Waals surface area contributed by atoms with Gasteiger partial charge >= 0.3 is 0 Å². The molecule has 5 heteroatoms. The van der Waals surface area contributed by atoms with E-state index in [2.05, 4.69) is 10.1 Å². The van der Waals surface area contributed by atoms with Gasteiger partial charge in [0.05, 0.1) is 12.2 Å². The van der Waals surface area contributed by atoms with E-state index in [0.717, 1.165) is 5.56 Å². The molecular weight excluding hydrogens is 216 g/mol. The van der Waals surface area contributed by atoms with Crippen LogP contribution in [0.4, 0.5) is 0 Å². The van der Waals surface area contributed by atoms with Crippen molar-refractivity contribution in [2.45, 2.75) is 12.5 Å². The molecule has 17 heavy (non-hydrogen) atoms. The lowest BCUT2D eigenvalue weighted by molar-refractivity contribution is 0.315. The quantitative estimate of drug-likeness (QED) is 0.361. The molecule has 0 saturated carbocycles. The molecule has 1 heterocycles. The van der Waals surface area contributed by atoms with Crippen LogP contribution in [-0.4, -0.2) is 20.6 Å². The summed E-state index contributed by atoms with van der Waals surface area (Å²) >= 11 is 0. The minimum Gasteiger partial charge on any atom is -0.409 e. The van der Waals surface area contributed by atoms with Crippen molar-refractivity contribution in [3.8, 4) is 0 Å². The van der Waals surface area contributed by atoms with Crippen LogP contribution in [0, 0.1) is 0 Å². The highest BCUT2D eigenvalue weighted by Gasteiger charge is 2.16. The Hall–Kier alpha value is -2.30. The van der Waals surface area contributed by atoms with Gasteiger partial charge in [-0.1, -0.05) is 35.5 Å². The number of rotatable bonds is 4. The zero-order valence-corrected chi connectivity index (χ0v) is 9.27. The van der Waals surface area contributed by atoms with Gasteiger partial charge in [0.2, 0.25) is 0 Å². The molecule has 2 aromatic rings. The highest BCUT2D eigenvalue weighted by atomic mass is 16.4. The Morgan fingerprint density at radius 2 is 2.18 bits per heavy atom. The first-order valence-electron chi connectivity index (χ1n) is 5.29. The van der Waals surface area contributed by atoms with Gasteiger partial charge in [-0.3, -0.25) is 0 Å². The second-order valence-corrected chi connectivity index (χ2v) is 3.75. The smallest absolute Gasteiger partial charge is 0.148 e. The summed E-state index contributed by atoms with van der Waals surface area (Å²) in [7, 11) is 0. The molecule has 0 aliphatic carbocycles. The van der Waals surface area contributed by atoms with Crippen LogP contribution in [0.1, 0.15) is 11.5 Å². The van der Waals surface area contributed by atoms with Crippen LogP contribution in [0.5, 0.6) is 0 Å². The number of amidine groups is 1. The number of nitrogens with zero attached hydrogens (tertiary/aromatic N) is 3. The van der Waals surface area contributed by atoms with E-state index < -0.39 is 0 Å². The van der Waals surface area contributed by atoms with Crippen LogP contribution in [0.3, 0.4) is 0 Å². The van der Waals surface area contributed by atoms with Crippen LogP contribution < -0.4 is 5.73 Å². The van der Waals surface area contributed by atoms with Crippen LogP contribution in [0.2, 0.25) is 0 Å². The number of oxime groups is 1. The van der Waals surface area contributed by atoms with E-state index in [1.54, 1.807) is 12.5 Å². The highest BCUT2D eigenvalue weighted by Crippen LogP contribution is 2.17. The second-order valence-electron chi connectivity index (χ2n) is 3.75. The summed E-state index contributed by atoms with van der Waals surface area (Å²) in [5.74, 6) is 0.0419. The van der Waals surface area contributed by atoms with Crippen LogP contribution in [-0.2, 0) is 6.54 Å². The predicted molar refractivity (Wildman–Crippen MR) is 64.8 cm³/mol. The molecule has 1 atom stereocenters. The monoisotopic (exact) mass is 230 g/mol. The van der Waals surface area contributed by atoms with Crippen molar-refractivity contribution in [2.24, 2.45) is 10.9 Å². The van der Waals surface area contributed by atoms with Crippen LogP contribution in [0.15, 0.2) is 54.2 Å². The molecule has 0 saturated heterocycles. The molecule has 0 aliphatic heterocycles.